The molecule has 2 rings (SSSR count). The van der Waals surface area contributed by atoms with Crippen LogP contribution < -0.4 is 11.2 Å². The van der Waals surface area contributed by atoms with Crippen LogP contribution in [0.15, 0.2) is 21.0 Å². The molecular formula is C9H11N3O2S. The highest BCUT2D eigenvalue weighted by Crippen LogP contribution is 2.14. The minimum absolute atomic E-state index is 0.314. The lowest BCUT2D eigenvalue weighted by atomic mass is 10.4. The van der Waals surface area contributed by atoms with Crippen molar-refractivity contribution < 1.29 is 0 Å². The molecule has 0 aromatic carbocycles. The fourth-order valence-corrected chi connectivity index (χ4v) is 2.31. The normalized spacial score (nSPS) is 11.4. The van der Waals surface area contributed by atoms with E-state index in [1.807, 2.05) is 24.4 Å². The van der Waals surface area contributed by atoms with Gasteiger partial charge in [0.1, 0.15) is 4.83 Å². The van der Waals surface area contributed by atoms with Gasteiger partial charge in [0, 0.05) is 0 Å². The lowest BCUT2D eigenvalue weighted by Gasteiger charge is -2.12. The maximum Gasteiger partial charge on any atom is 0.330 e. The molecule has 80 valence electrons. The highest BCUT2D eigenvalue weighted by Gasteiger charge is 2.08. The van der Waals surface area contributed by atoms with Crippen molar-refractivity contribution in [1.29, 1.82) is 0 Å². The molecule has 0 fully saturated rings. The summed E-state index contributed by atoms with van der Waals surface area (Å²) in [4.78, 5) is 27.9. The molecular weight excluding hydrogens is 214 g/mol. The number of nitrogens with zero attached hydrogens (tertiary/aromatic N) is 2. The molecule has 0 unspecified atom stereocenters. The number of fused-ring (bicyclic) bond motifs is 1. The zero-order valence-corrected chi connectivity index (χ0v) is 9.30. The molecule has 1 N–H and O–H groups in total. The van der Waals surface area contributed by atoms with E-state index >= 15 is 0 Å². The number of nitrogens with one attached hydrogen (secondary N) is 1. The standard InChI is InChI=1S/C9H11N3O2S/c1-11(2)5-12-8-6(3-4-15-8)7(13)10-9(12)14/h3-4H,5H2,1-2H3,(H,10,13,14). The van der Waals surface area contributed by atoms with Crippen LogP contribution in [0.5, 0.6) is 0 Å². The Labute approximate surface area is 89.6 Å². The van der Waals surface area contributed by atoms with Crippen LogP contribution in [0.3, 0.4) is 0 Å². The average Bonchev–Trinajstić information content (AvgIpc) is 2.60. The van der Waals surface area contributed by atoms with Gasteiger partial charge in [0.05, 0.1) is 12.1 Å². The Hall–Kier alpha value is -1.40. The van der Waals surface area contributed by atoms with Crippen LogP contribution in [0.2, 0.25) is 0 Å². The lowest BCUT2D eigenvalue weighted by Crippen LogP contribution is -2.33. The van der Waals surface area contributed by atoms with Crippen LogP contribution in [0.4, 0.5) is 0 Å². The highest BCUT2D eigenvalue weighted by atomic mass is 32.1. The maximum absolute atomic E-state index is 11.6. The van der Waals surface area contributed by atoms with Gasteiger partial charge in [-0.1, -0.05) is 0 Å². The summed E-state index contributed by atoms with van der Waals surface area (Å²) < 4.78 is 1.56. The molecule has 6 heteroatoms. The molecule has 0 atom stereocenters. The summed E-state index contributed by atoms with van der Waals surface area (Å²) in [5.74, 6) is 0. The number of aromatic amines is 1. The van der Waals surface area contributed by atoms with Crippen LogP contribution in [0, 0.1) is 0 Å². The largest absolute Gasteiger partial charge is 0.330 e. The maximum atomic E-state index is 11.6. The molecule has 0 aliphatic carbocycles. The number of H-pyrrole nitrogens is 1. The molecule has 5 nitrogen and oxygen atoms in total. The summed E-state index contributed by atoms with van der Waals surface area (Å²) >= 11 is 1.40. The summed E-state index contributed by atoms with van der Waals surface area (Å²) in [5, 5.41) is 2.38. The third-order valence-corrected chi connectivity index (χ3v) is 2.96. The van der Waals surface area contributed by atoms with Crippen LogP contribution in [-0.4, -0.2) is 28.5 Å². The van der Waals surface area contributed by atoms with E-state index in [4.69, 9.17) is 0 Å². The summed E-state index contributed by atoms with van der Waals surface area (Å²) in [5.41, 5.74) is -0.671. The third-order valence-electron chi connectivity index (χ3n) is 2.02. The zero-order chi connectivity index (χ0) is 11.0. The number of aromatic nitrogens is 2. The van der Waals surface area contributed by atoms with Crippen molar-refractivity contribution in [1.82, 2.24) is 14.5 Å². The van der Waals surface area contributed by atoms with Crippen molar-refractivity contribution in [3.8, 4) is 0 Å². The molecule has 0 spiro atoms. The molecule has 0 saturated heterocycles. The van der Waals surface area contributed by atoms with Crippen LogP contribution in [0.25, 0.3) is 10.2 Å². The second-order valence-electron chi connectivity index (χ2n) is 3.55. The Morgan fingerprint density at radius 3 is 2.87 bits per heavy atom. The Bertz CT molecular complexity index is 593. The van der Waals surface area contributed by atoms with E-state index in [0.717, 1.165) is 4.83 Å². The van der Waals surface area contributed by atoms with Crippen LogP contribution in [-0.2, 0) is 6.67 Å². The topological polar surface area (TPSA) is 58.1 Å². The van der Waals surface area contributed by atoms with E-state index in [1.54, 1.807) is 10.6 Å². The number of rotatable bonds is 2. The molecule has 0 aliphatic heterocycles. The van der Waals surface area contributed by atoms with Crippen molar-refractivity contribution in [2.24, 2.45) is 0 Å². The summed E-state index contributed by atoms with van der Waals surface area (Å²) in [6.07, 6.45) is 0. The van der Waals surface area contributed by atoms with E-state index < -0.39 is 0 Å². The predicted molar refractivity (Wildman–Crippen MR) is 60.4 cm³/mol. The van der Waals surface area contributed by atoms with E-state index in [-0.39, 0.29) is 11.2 Å². The SMILES string of the molecule is CN(C)Cn1c(=O)[nH]c(=O)c2ccsc21. The van der Waals surface area contributed by atoms with Gasteiger partial charge in [-0.25, -0.2) is 4.79 Å². The smallest absolute Gasteiger partial charge is 0.292 e. The van der Waals surface area contributed by atoms with Gasteiger partial charge in [0.2, 0.25) is 0 Å². The Kier molecular flexibility index (Phi) is 2.45. The minimum atomic E-state index is -0.358. The van der Waals surface area contributed by atoms with E-state index in [0.29, 0.717) is 12.1 Å². The Morgan fingerprint density at radius 1 is 1.47 bits per heavy atom. The van der Waals surface area contributed by atoms with Crippen molar-refractivity contribution in [3.63, 3.8) is 0 Å². The van der Waals surface area contributed by atoms with E-state index in [2.05, 4.69) is 4.98 Å². The van der Waals surface area contributed by atoms with E-state index in [9.17, 15) is 9.59 Å². The zero-order valence-electron chi connectivity index (χ0n) is 8.48. The van der Waals surface area contributed by atoms with Gasteiger partial charge < -0.3 is 0 Å². The van der Waals surface area contributed by atoms with Crippen molar-refractivity contribution in [3.05, 3.63) is 32.3 Å². The molecule has 0 bridgehead atoms. The fourth-order valence-electron chi connectivity index (χ4n) is 1.42. The van der Waals surface area contributed by atoms with Gasteiger partial charge in [0.25, 0.3) is 5.56 Å². The second-order valence-corrected chi connectivity index (χ2v) is 4.44. The first-order valence-electron chi connectivity index (χ1n) is 4.44. The molecule has 0 radical (unpaired) electrons. The van der Waals surface area contributed by atoms with Gasteiger partial charge in [-0.3, -0.25) is 19.2 Å². The van der Waals surface area contributed by atoms with Gasteiger partial charge in [-0.2, -0.15) is 0 Å². The summed E-state index contributed by atoms with van der Waals surface area (Å²) in [7, 11) is 3.74. The minimum Gasteiger partial charge on any atom is -0.292 e. The molecule has 2 heterocycles. The molecule has 0 amide bonds. The summed E-state index contributed by atoms with van der Waals surface area (Å²) in [6, 6.07) is 1.73. The molecule has 0 saturated carbocycles. The highest BCUT2D eigenvalue weighted by molar-refractivity contribution is 7.16. The second kappa shape index (κ2) is 3.63. The van der Waals surface area contributed by atoms with Crippen LogP contribution in [0.1, 0.15) is 0 Å². The van der Waals surface area contributed by atoms with Crippen molar-refractivity contribution in [2.75, 3.05) is 14.1 Å². The van der Waals surface area contributed by atoms with Gasteiger partial charge >= 0.3 is 5.69 Å². The number of hydrogen-bond donors (Lipinski definition) is 1. The van der Waals surface area contributed by atoms with E-state index in [1.165, 1.54) is 11.3 Å². The summed E-state index contributed by atoms with van der Waals surface area (Å²) in [6.45, 7) is 0.465. The van der Waals surface area contributed by atoms with Crippen LogP contribution >= 0.6 is 11.3 Å². The predicted octanol–water partition coefficient (Wildman–Crippen LogP) is 0.270. The Morgan fingerprint density at radius 2 is 2.20 bits per heavy atom. The average molecular weight is 225 g/mol. The van der Waals surface area contributed by atoms with Crippen molar-refractivity contribution in [2.45, 2.75) is 6.67 Å². The quantitative estimate of drug-likeness (QED) is 0.798. The number of hydrogen-bond acceptors (Lipinski definition) is 4. The molecule has 15 heavy (non-hydrogen) atoms. The lowest BCUT2D eigenvalue weighted by molar-refractivity contribution is 0.325. The van der Waals surface area contributed by atoms with Gasteiger partial charge in [0.15, 0.2) is 0 Å². The first-order valence-corrected chi connectivity index (χ1v) is 5.32. The fraction of sp³-hybridized carbons (Fsp3) is 0.333. The van der Waals surface area contributed by atoms with Crippen molar-refractivity contribution >= 4 is 21.6 Å². The number of thiophene rings is 1. The third kappa shape index (κ3) is 1.73. The first-order chi connectivity index (χ1) is 7.09. The first kappa shape index (κ1) is 10.1. The van der Waals surface area contributed by atoms with Gasteiger partial charge in [-0.05, 0) is 25.5 Å². The Balaban J connectivity index is 2.77. The molecule has 2 aromatic heterocycles. The van der Waals surface area contributed by atoms with Gasteiger partial charge in [-0.15, -0.1) is 11.3 Å². The molecule has 0 aliphatic rings. The molecule has 2 aromatic rings. The monoisotopic (exact) mass is 225 g/mol.